The summed E-state index contributed by atoms with van der Waals surface area (Å²) < 4.78 is 28.0. The van der Waals surface area contributed by atoms with E-state index in [0.29, 0.717) is 17.0 Å². The Morgan fingerprint density at radius 1 is 1.33 bits per heavy atom. The summed E-state index contributed by atoms with van der Waals surface area (Å²) in [4.78, 5) is 10.9. The zero-order chi connectivity index (χ0) is 15.0. The first-order chi connectivity index (χ1) is 9.94. The Labute approximate surface area is 120 Å². The van der Waals surface area contributed by atoms with E-state index in [0.717, 1.165) is 0 Å². The highest BCUT2D eigenvalue weighted by Gasteiger charge is 2.35. The van der Waals surface area contributed by atoms with E-state index in [1.807, 2.05) is 0 Å². The molecule has 8 heteroatoms. The minimum Gasteiger partial charge on any atom is -0.488 e. The zero-order valence-corrected chi connectivity index (χ0v) is 11.6. The Hall–Kier alpha value is -2.35. The molecule has 2 N–H and O–H groups in total. The van der Waals surface area contributed by atoms with Crippen molar-refractivity contribution in [2.75, 3.05) is 11.5 Å². The van der Waals surface area contributed by atoms with E-state index in [2.05, 4.69) is 10.2 Å². The molecule has 7 nitrogen and oxygen atoms in total. The maximum Gasteiger partial charge on any atom is 0.353 e. The van der Waals surface area contributed by atoms with E-state index in [1.165, 1.54) is 6.07 Å². The van der Waals surface area contributed by atoms with Crippen molar-refractivity contribution in [3.05, 3.63) is 36.0 Å². The van der Waals surface area contributed by atoms with Crippen LogP contribution in [0.3, 0.4) is 0 Å². The van der Waals surface area contributed by atoms with Gasteiger partial charge in [-0.05, 0) is 18.2 Å². The lowest BCUT2D eigenvalue weighted by Crippen LogP contribution is -2.45. The number of sulfone groups is 1. The molecule has 0 spiro atoms. The van der Waals surface area contributed by atoms with Gasteiger partial charge < -0.3 is 9.84 Å². The Kier molecular flexibility index (Phi) is 3.17. The summed E-state index contributed by atoms with van der Waals surface area (Å²) in [6.07, 6.45) is -0.367. The smallest absolute Gasteiger partial charge is 0.353 e. The highest BCUT2D eigenvalue weighted by Crippen LogP contribution is 2.31. The first kappa shape index (κ1) is 13.6. The largest absolute Gasteiger partial charge is 0.488 e. The average molecular weight is 308 g/mol. The number of para-hydroxylation sites is 1. The molecule has 1 aliphatic heterocycles. The molecular formula is C13H12N2O5S. The summed E-state index contributed by atoms with van der Waals surface area (Å²) in [7, 11) is -2.96. The molecule has 3 rings (SSSR count). The first-order valence-electron chi connectivity index (χ1n) is 6.20. The number of hydrogen-bond acceptors (Lipinski definition) is 5. The van der Waals surface area contributed by atoms with Crippen LogP contribution in [-0.2, 0) is 9.84 Å². The van der Waals surface area contributed by atoms with Gasteiger partial charge in [0, 0.05) is 5.56 Å². The van der Waals surface area contributed by atoms with Gasteiger partial charge >= 0.3 is 5.97 Å². The summed E-state index contributed by atoms with van der Waals surface area (Å²) in [6, 6.07) is 8.38. The molecule has 2 heterocycles. The Morgan fingerprint density at radius 3 is 2.67 bits per heavy atom. The van der Waals surface area contributed by atoms with Crippen molar-refractivity contribution in [2.24, 2.45) is 0 Å². The lowest BCUT2D eigenvalue weighted by atomic mass is 10.1. The average Bonchev–Trinajstić information content (AvgIpc) is 2.87. The number of H-pyrrole nitrogens is 1. The van der Waals surface area contributed by atoms with Gasteiger partial charge in [0.15, 0.2) is 9.84 Å². The fourth-order valence-corrected chi connectivity index (χ4v) is 3.29. The van der Waals surface area contributed by atoms with Crippen molar-refractivity contribution in [1.29, 1.82) is 0 Å². The van der Waals surface area contributed by atoms with Crippen molar-refractivity contribution in [3.8, 4) is 17.0 Å². The van der Waals surface area contributed by atoms with Crippen LogP contribution in [0.2, 0.25) is 0 Å². The number of carboxylic acid groups (broad SMARTS) is 1. The maximum absolute atomic E-state index is 11.2. The van der Waals surface area contributed by atoms with Gasteiger partial charge in [0.2, 0.25) is 0 Å². The standard InChI is InChI=1S/C13H12N2O5S/c16-13(17)11-5-10(14-15-11)9-3-1-2-4-12(9)20-8-6-21(18,19)7-8/h1-5,8H,6-7H2,(H,14,15)(H,16,17). The Balaban J connectivity index is 1.87. The van der Waals surface area contributed by atoms with Gasteiger partial charge in [-0.3, -0.25) is 5.10 Å². The molecule has 0 radical (unpaired) electrons. The SMILES string of the molecule is O=C(O)c1cc(-c2ccccc2OC2CS(=O)(=O)C2)n[nH]1. The molecule has 21 heavy (non-hydrogen) atoms. The molecule has 110 valence electrons. The molecule has 0 atom stereocenters. The van der Waals surface area contributed by atoms with Gasteiger partial charge in [-0.25, -0.2) is 13.2 Å². The summed E-state index contributed by atoms with van der Waals surface area (Å²) in [6.45, 7) is 0. The van der Waals surface area contributed by atoms with E-state index in [4.69, 9.17) is 9.84 Å². The fourth-order valence-electron chi connectivity index (χ4n) is 2.12. The monoisotopic (exact) mass is 308 g/mol. The van der Waals surface area contributed by atoms with Crippen LogP contribution in [0.1, 0.15) is 10.5 Å². The lowest BCUT2D eigenvalue weighted by Gasteiger charge is -2.27. The van der Waals surface area contributed by atoms with Crippen molar-refractivity contribution in [2.45, 2.75) is 6.10 Å². The minimum absolute atomic E-state index is 0.00226. The number of carboxylic acids is 1. The van der Waals surface area contributed by atoms with Gasteiger partial charge in [-0.1, -0.05) is 12.1 Å². The quantitative estimate of drug-likeness (QED) is 0.870. The number of hydrogen-bond donors (Lipinski definition) is 2. The molecule has 0 unspecified atom stereocenters. The topological polar surface area (TPSA) is 109 Å². The number of aromatic carboxylic acids is 1. The number of nitrogens with zero attached hydrogens (tertiary/aromatic N) is 1. The molecule has 1 aromatic heterocycles. The number of rotatable bonds is 4. The summed E-state index contributed by atoms with van der Waals surface area (Å²) in [5.74, 6) is -0.608. The predicted octanol–water partition coefficient (Wildman–Crippen LogP) is 0.951. The van der Waals surface area contributed by atoms with Crippen molar-refractivity contribution < 1.29 is 23.1 Å². The molecule has 0 saturated carbocycles. The van der Waals surface area contributed by atoms with Crippen LogP contribution in [0.15, 0.2) is 30.3 Å². The lowest BCUT2D eigenvalue weighted by molar-refractivity contribution is 0.0690. The fraction of sp³-hybridized carbons (Fsp3) is 0.231. The minimum atomic E-state index is -2.96. The van der Waals surface area contributed by atoms with Gasteiger partial charge in [-0.15, -0.1) is 0 Å². The second kappa shape index (κ2) is 4.88. The molecule has 0 bridgehead atoms. The van der Waals surface area contributed by atoms with Gasteiger partial charge in [0.1, 0.15) is 17.5 Å². The van der Waals surface area contributed by atoms with E-state index in [1.54, 1.807) is 24.3 Å². The van der Waals surface area contributed by atoms with Crippen LogP contribution in [0.5, 0.6) is 5.75 Å². The van der Waals surface area contributed by atoms with Gasteiger partial charge in [0.05, 0.1) is 17.2 Å². The maximum atomic E-state index is 11.2. The summed E-state index contributed by atoms with van der Waals surface area (Å²) >= 11 is 0. The predicted molar refractivity (Wildman–Crippen MR) is 74.1 cm³/mol. The van der Waals surface area contributed by atoms with Crippen LogP contribution in [0, 0.1) is 0 Å². The van der Waals surface area contributed by atoms with E-state index < -0.39 is 15.8 Å². The first-order valence-corrected chi connectivity index (χ1v) is 8.02. The normalized spacial score (nSPS) is 17.1. The van der Waals surface area contributed by atoms with E-state index in [9.17, 15) is 13.2 Å². The number of aromatic nitrogens is 2. The third-order valence-electron chi connectivity index (χ3n) is 3.14. The summed E-state index contributed by atoms with van der Waals surface area (Å²) in [5, 5.41) is 15.3. The third kappa shape index (κ3) is 2.75. The number of nitrogens with one attached hydrogen (secondary N) is 1. The van der Waals surface area contributed by atoms with Crippen LogP contribution in [-0.4, -0.2) is 47.3 Å². The molecule has 1 aliphatic rings. The molecule has 1 saturated heterocycles. The molecule has 2 aromatic rings. The second-order valence-corrected chi connectivity index (χ2v) is 6.94. The van der Waals surface area contributed by atoms with Gasteiger partial charge in [-0.2, -0.15) is 5.10 Å². The van der Waals surface area contributed by atoms with Crippen LogP contribution in [0.25, 0.3) is 11.3 Å². The molecule has 1 aromatic carbocycles. The Morgan fingerprint density at radius 2 is 2.05 bits per heavy atom. The van der Waals surface area contributed by atoms with E-state index in [-0.39, 0.29) is 23.3 Å². The van der Waals surface area contributed by atoms with Crippen molar-refractivity contribution in [1.82, 2.24) is 10.2 Å². The van der Waals surface area contributed by atoms with E-state index >= 15 is 0 Å². The number of aromatic amines is 1. The number of ether oxygens (including phenoxy) is 1. The third-order valence-corrected chi connectivity index (χ3v) is 4.90. The van der Waals surface area contributed by atoms with Crippen LogP contribution in [0.4, 0.5) is 0 Å². The second-order valence-electron chi connectivity index (χ2n) is 4.78. The van der Waals surface area contributed by atoms with Crippen molar-refractivity contribution >= 4 is 15.8 Å². The highest BCUT2D eigenvalue weighted by molar-refractivity contribution is 7.92. The number of carbonyl (C=O) groups is 1. The van der Waals surface area contributed by atoms with Crippen LogP contribution < -0.4 is 4.74 Å². The van der Waals surface area contributed by atoms with Gasteiger partial charge in [0.25, 0.3) is 0 Å². The number of benzene rings is 1. The molecule has 0 amide bonds. The zero-order valence-electron chi connectivity index (χ0n) is 10.8. The molecular weight excluding hydrogens is 296 g/mol. The highest BCUT2D eigenvalue weighted by atomic mass is 32.2. The van der Waals surface area contributed by atoms with Crippen molar-refractivity contribution in [3.63, 3.8) is 0 Å². The molecule has 1 fully saturated rings. The Bertz CT molecular complexity index is 784. The summed E-state index contributed by atoms with van der Waals surface area (Å²) in [5.41, 5.74) is 1.03. The van der Waals surface area contributed by atoms with Crippen LogP contribution >= 0.6 is 0 Å². The molecule has 0 aliphatic carbocycles.